The number of hydrogen-bond donors (Lipinski definition) is 1. The second kappa shape index (κ2) is 4.59. The standard InChI is InChI=1S/C15H17N3O2/c19-15(11-1-2-13-14(6-11)20-9-16-13)17-12-5-10-3-4-18(7-10)8-12/h1-2,6,9-10,12H,3-5,7-8H2,(H,17,19)/t10-,12+/m0/s1. The van der Waals surface area contributed by atoms with Crippen LogP contribution >= 0.6 is 0 Å². The summed E-state index contributed by atoms with van der Waals surface area (Å²) in [5.41, 5.74) is 2.08. The van der Waals surface area contributed by atoms with E-state index in [9.17, 15) is 4.79 Å². The molecule has 3 atom stereocenters. The zero-order chi connectivity index (χ0) is 13.5. The lowest BCUT2D eigenvalue weighted by Gasteiger charge is -2.30. The van der Waals surface area contributed by atoms with Gasteiger partial charge in [0.2, 0.25) is 0 Å². The lowest BCUT2D eigenvalue weighted by Crippen LogP contribution is -2.47. The van der Waals surface area contributed by atoms with Gasteiger partial charge < -0.3 is 14.6 Å². The highest BCUT2D eigenvalue weighted by Crippen LogP contribution is 2.27. The molecule has 5 heteroatoms. The van der Waals surface area contributed by atoms with E-state index in [0.717, 1.165) is 24.4 Å². The molecule has 2 aliphatic rings. The van der Waals surface area contributed by atoms with Crippen molar-refractivity contribution in [1.82, 2.24) is 15.2 Å². The van der Waals surface area contributed by atoms with Crippen molar-refractivity contribution < 1.29 is 9.21 Å². The smallest absolute Gasteiger partial charge is 0.251 e. The van der Waals surface area contributed by atoms with Crippen LogP contribution < -0.4 is 5.32 Å². The van der Waals surface area contributed by atoms with E-state index in [4.69, 9.17) is 4.42 Å². The molecule has 20 heavy (non-hydrogen) atoms. The summed E-state index contributed by atoms with van der Waals surface area (Å²) in [6.45, 7) is 3.37. The molecular weight excluding hydrogens is 254 g/mol. The summed E-state index contributed by atoms with van der Waals surface area (Å²) in [4.78, 5) is 18.8. The molecule has 1 aromatic carbocycles. The van der Waals surface area contributed by atoms with Gasteiger partial charge in [-0.25, -0.2) is 4.98 Å². The minimum absolute atomic E-state index is 0.0178. The van der Waals surface area contributed by atoms with Crippen LogP contribution in [-0.2, 0) is 0 Å². The minimum atomic E-state index is -0.0178. The number of nitrogens with one attached hydrogen (secondary N) is 1. The van der Waals surface area contributed by atoms with Crippen molar-refractivity contribution in [3.05, 3.63) is 30.2 Å². The monoisotopic (exact) mass is 271 g/mol. The van der Waals surface area contributed by atoms with Gasteiger partial charge in [0.1, 0.15) is 5.52 Å². The zero-order valence-electron chi connectivity index (χ0n) is 11.2. The van der Waals surface area contributed by atoms with E-state index in [1.807, 2.05) is 6.07 Å². The molecule has 5 nitrogen and oxygen atoms in total. The van der Waals surface area contributed by atoms with Gasteiger partial charge in [-0.3, -0.25) is 4.79 Å². The van der Waals surface area contributed by atoms with Crippen molar-refractivity contribution in [2.45, 2.75) is 18.9 Å². The molecule has 1 unspecified atom stereocenters. The van der Waals surface area contributed by atoms with Gasteiger partial charge in [0.05, 0.1) is 0 Å². The largest absolute Gasteiger partial charge is 0.443 e. The van der Waals surface area contributed by atoms with Gasteiger partial charge in [0.25, 0.3) is 5.91 Å². The van der Waals surface area contributed by atoms with E-state index >= 15 is 0 Å². The predicted octanol–water partition coefficient (Wildman–Crippen LogP) is 1.65. The van der Waals surface area contributed by atoms with E-state index in [0.29, 0.717) is 11.1 Å². The normalized spacial score (nSPS) is 28.7. The number of amides is 1. The summed E-state index contributed by atoms with van der Waals surface area (Å²) in [5.74, 6) is 0.738. The number of carbonyl (C=O) groups is 1. The first-order valence-corrected chi connectivity index (χ1v) is 7.14. The molecule has 2 aromatic rings. The molecule has 0 aliphatic carbocycles. The zero-order valence-corrected chi connectivity index (χ0v) is 11.2. The number of carbonyl (C=O) groups excluding carboxylic acids is 1. The Hall–Kier alpha value is -1.88. The highest BCUT2D eigenvalue weighted by molar-refractivity contribution is 5.97. The molecular formula is C15H17N3O2. The Balaban J connectivity index is 1.49. The summed E-state index contributed by atoms with van der Waals surface area (Å²) < 4.78 is 5.24. The maximum absolute atomic E-state index is 12.3. The van der Waals surface area contributed by atoms with E-state index < -0.39 is 0 Å². The molecule has 2 saturated heterocycles. The molecule has 3 heterocycles. The predicted molar refractivity (Wildman–Crippen MR) is 74.4 cm³/mol. The number of nitrogens with zero attached hydrogens (tertiary/aromatic N) is 2. The van der Waals surface area contributed by atoms with Crippen LogP contribution in [0.3, 0.4) is 0 Å². The minimum Gasteiger partial charge on any atom is -0.443 e. The number of oxazole rings is 1. The maximum Gasteiger partial charge on any atom is 0.251 e. The number of piperidine rings is 1. The van der Waals surface area contributed by atoms with Crippen LogP contribution in [0.4, 0.5) is 0 Å². The summed E-state index contributed by atoms with van der Waals surface area (Å²) >= 11 is 0. The Morgan fingerprint density at radius 3 is 3.25 bits per heavy atom. The Morgan fingerprint density at radius 1 is 1.40 bits per heavy atom. The van der Waals surface area contributed by atoms with Gasteiger partial charge in [0, 0.05) is 24.7 Å². The highest BCUT2D eigenvalue weighted by atomic mass is 16.3. The van der Waals surface area contributed by atoms with Crippen molar-refractivity contribution in [3.8, 4) is 0 Å². The number of aromatic nitrogens is 1. The third-order valence-electron chi connectivity index (χ3n) is 4.40. The van der Waals surface area contributed by atoms with Gasteiger partial charge in [-0.1, -0.05) is 0 Å². The number of fused-ring (bicyclic) bond motifs is 3. The molecule has 1 amide bonds. The number of hydrogen-bond acceptors (Lipinski definition) is 4. The van der Waals surface area contributed by atoms with Gasteiger partial charge in [-0.15, -0.1) is 0 Å². The van der Waals surface area contributed by atoms with Crippen LogP contribution in [0.15, 0.2) is 29.0 Å². The molecule has 0 spiro atoms. The Morgan fingerprint density at radius 2 is 2.35 bits per heavy atom. The molecule has 1 N–H and O–H groups in total. The molecule has 0 saturated carbocycles. The molecule has 2 fully saturated rings. The van der Waals surface area contributed by atoms with E-state index in [1.54, 1.807) is 12.1 Å². The second-order valence-electron chi connectivity index (χ2n) is 5.86. The lowest BCUT2D eigenvalue weighted by atomic mass is 9.96. The van der Waals surface area contributed by atoms with Crippen molar-refractivity contribution in [3.63, 3.8) is 0 Å². The highest BCUT2D eigenvalue weighted by Gasteiger charge is 2.32. The van der Waals surface area contributed by atoms with Crippen molar-refractivity contribution in [2.75, 3.05) is 19.6 Å². The summed E-state index contributed by atoms with van der Waals surface area (Å²) in [6.07, 6.45) is 3.78. The summed E-state index contributed by atoms with van der Waals surface area (Å²) in [5, 5.41) is 3.15. The molecule has 2 bridgehead atoms. The topological polar surface area (TPSA) is 58.4 Å². The maximum atomic E-state index is 12.3. The molecule has 1 aromatic heterocycles. The SMILES string of the molecule is O=C(N[C@@H]1C[C@@H]2CCN(C2)C1)c1ccc2ncoc2c1. The van der Waals surface area contributed by atoms with Crippen molar-refractivity contribution >= 4 is 17.0 Å². The van der Waals surface area contributed by atoms with Crippen LogP contribution in [0.2, 0.25) is 0 Å². The average molecular weight is 271 g/mol. The third-order valence-corrected chi connectivity index (χ3v) is 4.40. The second-order valence-corrected chi connectivity index (χ2v) is 5.86. The van der Waals surface area contributed by atoms with Crippen molar-refractivity contribution in [2.24, 2.45) is 5.92 Å². The van der Waals surface area contributed by atoms with Crippen LogP contribution in [0.5, 0.6) is 0 Å². The van der Waals surface area contributed by atoms with Crippen molar-refractivity contribution in [1.29, 1.82) is 0 Å². The quantitative estimate of drug-likeness (QED) is 0.902. The Kier molecular flexibility index (Phi) is 2.73. The van der Waals surface area contributed by atoms with Crippen LogP contribution in [0.1, 0.15) is 23.2 Å². The van der Waals surface area contributed by atoms with Crippen LogP contribution in [0, 0.1) is 5.92 Å². The number of benzene rings is 1. The first kappa shape index (κ1) is 11.9. The lowest BCUT2D eigenvalue weighted by molar-refractivity contribution is 0.0909. The fourth-order valence-corrected chi connectivity index (χ4v) is 3.43. The van der Waals surface area contributed by atoms with E-state index in [2.05, 4.69) is 15.2 Å². The third kappa shape index (κ3) is 2.08. The van der Waals surface area contributed by atoms with Gasteiger partial charge in [0.15, 0.2) is 12.0 Å². The van der Waals surface area contributed by atoms with Gasteiger partial charge >= 0.3 is 0 Å². The average Bonchev–Trinajstić information content (AvgIpc) is 3.04. The Bertz CT molecular complexity index is 639. The van der Waals surface area contributed by atoms with E-state index in [-0.39, 0.29) is 11.9 Å². The van der Waals surface area contributed by atoms with Crippen LogP contribution in [-0.4, -0.2) is 41.5 Å². The first-order chi connectivity index (χ1) is 9.78. The van der Waals surface area contributed by atoms with Crippen LogP contribution in [0.25, 0.3) is 11.1 Å². The molecule has 2 aliphatic heterocycles. The van der Waals surface area contributed by atoms with Gasteiger partial charge in [-0.2, -0.15) is 0 Å². The summed E-state index contributed by atoms with van der Waals surface area (Å²) in [6, 6.07) is 5.66. The van der Waals surface area contributed by atoms with Gasteiger partial charge in [-0.05, 0) is 43.5 Å². The first-order valence-electron chi connectivity index (χ1n) is 7.14. The molecule has 4 rings (SSSR count). The fraction of sp³-hybridized carbons (Fsp3) is 0.467. The number of rotatable bonds is 2. The molecule has 0 radical (unpaired) electrons. The fourth-order valence-electron chi connectivity index (χ4n) is 3.43. The van der Waals surface area contributed by atoms with E-state index in [1.165, 1.54) is 25.9 Å². The summed E-state index contributed by atoms with van der Waals surface area (Å²) in [7, 11) is 0. The molecule has 104 valence electrons. The Labute approximate surface area is 117 Å².